The van der Waals surface area contributed by atoms with Gasteiger partial charge in [0.25, 0.3) is 20.0 Å². The van der Waals surface area contributed by atoms with Gasteiger partial charge in [-0.2, -0.15) is 0 Å². The molecule has 5 N–H and O–H groups in total. The Labute approximate surface area is 174 Å². The Kier molecular flexibility index (Phi) is 8.15. The van der Waals surface area contributed by atoms with Gasteiger partial charge >= 0.3 is 5.97 Å². The molecule has 0 bridgehead atoms. The highest BCUT2D eigenvalue weighted by Crippen LogP contribution is 2.22. The topological polar surface area (TPSA) is 211 Å². The summed E-state index contributed by atoms with van der Waals surface area (Å²) in [7, 11) is -8.22. The van der Waals surface area contributed by atoms with Crippen LogP contribution in [0.1, 0.15) is 23.2 Å². The Morgan fingerprint density at radius 1 is 1.10 bits per heavy atom. The standard InChI is InChI=1S/C13H17N5O9S3/c14-29(22,23)13-16-15-12(28-13)17-30(24,25)10-5-3-9(4-6-10)11(19)26-7-1-2-8-27-18(20)21/h3-6,20-21H,1-2,7-8H2,(H,15,17)(H2,14,22,23). The van der Waals surface area contributed by atoms with Gasteiger partial charge in [-0.15, -0.1) is 10.2 Å². The van der Waals surface area contributed by atoms with Gasteiger partial charge in [-0.3, -0.25) is 20.0 Å². The minimum Gasteiger partial charge on any atom is -0.462 e. The van der Waals surface area contributed by atoms with E-state index in [1.54, 1.807) is 0 Å². The highest BCUT2D eigenvalue weighted by molar-refractivity contribution is 7.93. The largest absolute Gasteiger partial charge is 0.462 e. The van der Waals surface area contributed by atoms with Crippen molar-refractivity contribution in [3.8, 4) is 0 Å². The number of anilines is 1. The molecule has 0 amide bonds. The fourth-order valence-electron chi connectivity index (χ4n) is 1.91. The number of unbranched alkanes of at least 4 members (excludes halogenated alkanes) is 1. The second-order valence-electron chi connectivity index (χ2n) is 5.48. The smallest absolute Gasteiger partial charge is 0.338 e. The first kappa shape index (κ1) is 24.0. The van der Waals surface area contributed by atoms with E-state index >= 15 is 0 Å². The molecule has 0 radical (unpaired) electrons. The number of esters is 1. The number of primary sulfonamides is 1. The molecule has 1 heterocycles. The molecule has 0 aliphatic heterocycles. The van der Waals surface area contributed by atoms with E-state index in [4.69, 9.17) is 20.3 Å². The third-order valence-corrected chi connectivity index (χ3v) is 6.88. The summed E-state index contributed by atoms with van der Waals surface area (Å²) in [6.07, 6.45) is 0.796. The summed E-state index contributed by atoms with van der Waals surface area (Å²) in [4.78, 5) is 16.1. The molecule has 14 nitrogen and oxygen atoms in total. The van der Waals surface area contributed by atoms with E-state index < -0.39 is 35.7 Å². The van der Waals surface area contributed by atoms with Crippen LogP contribution in [0.25, 0.3) is 0 Å². The van der Waals surface area contributed by atoms with E-state index in [9.17, 15) is 21.6 Å². The lowest BCUT2D eigenvalue weighted by molar-refractivity contribution is -0.492. The van der Waals surface area contributed by atoms with Crippen molar-refractivity contribution < 1.29 is 41.6 Å². The predicted octanol–water partition coefficient (Wildman–Crippen LogP) is -0.0647. The zero-order valence-corrected chi connectivity index (χ0v) is 17.5. The normalized spacial score (nSPS) is 12.1. The van der Waals surface area contributed by atoms with Crippen molar-refractivity contribution in [3.05, 3.63) is 29.8 Å². The minimum absolute atomic E-state index is 0.0113. The lowest BCUT2D eigenvalue weighted by atomic mass is 10.2. The van der Waals surface area contributed by atoms with Crippen molar-refractivity contribution >= 4 is 42.5 Å². The molecule has 166 valence electrons. The molecule has 30 heavy (non-hydrogen) atoms. The summed E-state index contributed by atoms with van der Waals surface area (Å²) in [6, 6.07) is 4.80. The fourth-order valence-corrected chi connectivity index (χ4v) is 4.47. The van der Waals surface area contributed by atoms with Crippen LogP contribution in [0.5, 0.6) is 0 Å². The van der Waals surface area contributed by atoms with Crippen molar-refractivity contribution in [1.82, 2.24) is 15.6 Å². The second kappa shape index (κ2) is 10.2. The number of ether oxygens (including phenoxy) is 1. The van der Waals surface area contributed by atoms with Crippen LogP contribution in [0, 0.1) is 0 Å². The van der Waals surface area contributed by atoms with Gasteiger partial charge < -0.3 is 4.74 Å². The number of nitrogens with two attached hydrogens (primary N) is 1. The number of nitrogens with zero attached hydrogens (tertiary/aromatic N) is 3. The van der Waals surface area contributed by atoms with Crippen molar-refractivity contribution in [2.24, 2.45) is 5.14 Å². The van der Waals surface area contributed by atoms with E-state index in [2.05, 4.69) is 19.8 Å². The van der Waals surface area contributed by atoms with Gasteiger partial charge in [0.1, 0.15) is 0 Å². The monoisotopic (exact) mass is 483 g/mol. The zero-order chi connectivity index (χ0) is 22.4. The number of aromatic nitrogens is 2. The lowest BCUT2D eigenvalue weighted by Gasteiger charge is -2.08. The first-order chi connectivity index (χ1) is 14.0. The number of hydrogen-bond donors (Lipinski definition) is 4. The van der Waals surface area contributed by atoms with Gasteiger partial charge in [-0.1, -0.05) is 11.3 Å². The molecule has 1 aromatic carbocycles. The number of carbonyl (C=O) groups is 1. The highest BCUT2D eigenvalue weighted by Gasteiger charge is 2.21. The van der Waals surface area contributed by atoms with Gasteiger partial charge in [0, 0.05) is 0 Å². The molecule has 17 heteroatoms. The molecular weight excluding hydrogens is 466 g/mol. The number of benzene rings is 1. The Morgan fingerprint density at radius 3 is 2.30 bits per heavy atom. The van der Waals surface area contributed by atoms with E-state index in [0.29, 0.717) is 24.2 Å². The molecule has 0 saturated carbocycles. The van der Waals surface area contributed by atoms with Crippen LogP contribution in [0.3, 0.4) is 0 Å². The maximum Gasteiger partial charge on any atom is 0.338 e. The first-order valence-corrected chi connectivity index (χ1v) is 11.8. The summed E-state index contributed by atoms with van der Waals surface area (Å²) in [5, 5.41) is 27.6. The van der Waals surface area contributed by atoms with E-state index in [1.807, 2.05) is 0 Å². The number of nitrogens with one attached hydrogen (secondary N) is 1. The molecule has 1 aromatic heterocycles. The van der Waals surface area contributed by atoms with Crippen LogP contribution in [0.15, 0.2) is 33.5 Å². The molecule has 0 unspecified atom stereocenters. The van der Waals surface area contributed by atoms with Crippen LogP contribution in [0.4, 0.5) is 5.13 Å². The molecule has 2 rings (SSSR count). The Morgan fingerprint density at radius 2 is 1.73 bits per heavy atom. The van der Waals surface area contributed by atoms with Crippen molar-refractivity contribution in [2.75, 3.05) is 17.9 Å². The summed E-state index contributed by atoms with van der Waals surface area (Å²) in [6.45, 7) is 0.0571. The molecule has 0 aliphatic carbocycles. The predicted molar refractivity (Wildman–Crippen MR) is 99.4 cm³/mol. The number of sulfonamides is 2. The molecule has 0 aliphatic rings. The summed E-state index contributed by atoms with van der Waals surface area (Å²) >= 11 is 0.447. The summed E-state index contributed by atoms with van der Waals surface area (Å²) in [5.41, 5.74) is 0.106. The quantitative estimate of drug-likeness (QED) is 0.188. The molecule has 2 aromatic rings. The van der Waals surface area contributed by atoms with Gasteiger partial charge in [-0.05, 0) is 37.1 Å². The van der Waals surface area contributed by atoms with Gasteiger partial charge in [0.15, 0.2) is 0 Å². The Bertz CT molecular complexity index is 1070. The summed E-state index contributed by atoms with van der Waals surface area (Å²) in [5.74, 6) is -0.680. The maximum atomic E-state index is 12.3. The molecule has 0 fully saturated rings. The fraction of sp³-hybridized carbons (Fsp3) is 0.308. The SMILES string of the molecule is NS(=O)(=O)c1nnc(NS(=O)(=O)c2ccc(C(=O)OCCCCON(O)O)cc2)s1. The van der Waals surface area contributed by atoms with Gasteiger partial charge in [-0.25, -0.2) is 26.8 Å². The van der Waals surface area contributed by atoms with Crippen LogP contribution in [-0.2, 0) is 29.6 Å². The van der Waals surface area contributed by atoms with E-state index in [-0.39, 0.29) is 28.8 Å². The average Bonchev–Trinajstić information content (AvgIpc) is 3.12. The second-order valence-corrected chi connectivity index (χ2v) is 9.87. The average molecular weight is 484 g/mol. The molecular formula is C13H17N5O9S3. The zero-order valence-electron chi connectivity index (χ0n) is 15.0. The Balaban J connectivity index is 1.92. The number of carbonyl (C=O) groups excluding carboxylic acids is 1. The van der Waals surface area contributed by atoms with Crippen LogP contribution >= 0.6 is 11.3 Å². The van der Waals surface area contributed by atoms with E-state index in [1.165, 1.54) is 12.1 Å². The molecule has 0 spiro atoms. The molecule has 0 saturated heterocycles. The lowest BCUT2D eigenvalue weighted by Crippen LogP contribution is -2.15. The maximum absolute atomic E-state index is 12.3. The van der Waals surface area contributed by atoms with Crippen LogP contribution in [0.2, 0.25) is 0 Å². The van der Waals surface area contributed by atoms with Crippen LogP contribution < -0.4 is 9.86 Å². The van der Waals surface area contributed by atoms with E-state index in [0.717, 1.165) is 12.1 Å². The third kappa shape index (κ3) is 7.22. The number of hydrogen-bond acceptors (Lipinski definition) is 13. The molecule has 0 atom stereocenters. The van der Waals surface area contributed by atoms with Gasteiger partial charge in [0.2, 0.25) is 9.47 Å². The van der Waals surface area contributed by atoms with Gasteiger partial charge in [0.05, 0.1) is 29.1 Å². The third-order valence-electron chi connectivity index (χ3n) is 3.25. The highest BCUT2D eigenvalue weighted by atomic mass is 32.2. The first-order valence-electron chi connectivity index (χ1n) is 7.96. The minimum atomic E-state index is -4.11. The van der Waals surface area contributed by atoms with Crippen molar-refractivity contribution in [1.29, 1.82) is 0 Å². The Hall–Kier alpha value is -2.25. The summed E-state index contributed by atoms with van der Waals surface area (Å²) < 4.78 is 53.6. The van der Waals surface area contributed by atoms with Crippen molar-refractivity contribution in [3.63, 3.8) is 0 Å². The van der Waals surface area contributed by atoms with Crippen molar-refractivity contribution in [2.45, 2.75) is 22.1 Å². The van der Waals surface area contributed by atoms with Crippen LogP contribution in [-0.4, -0.2) is 62.0 Å². The number of rotatable bonds is 11.